The summed E-state index contributed by atoms with van der Waals surface area (Å²) in [7, 11) is 1.31. The predicted molar refractivity (Wildman–Crippen MR) is 62.1 cm³/mol. The topological polar surface area (TPSA) is 76.1 Å². The molecule has 1 heterocycles. The molecule has 0 spiro atoms. The molecule has 16 heavy (non-hydrogen) atoms. The standard InChI is InChI=1S/C11H14N2O2S/c1-11(2,9(13)10(14)15-3)8-4-7(5-12)6-16-8/h4,6,9H,13H2,1-3H3. The summed E-state index contributed by atoms with van der Waals surface area (Å²) in [6, 6.07) is 3.08. The highest BCUT2D eigenvalue weighted by molar-refractivity contribution is 7.10. The van der Waals surface area contributed by atoms with Crippen LogP contribution in [0.5, 0.6) is 0 Å². The summed E-state index contributed by atoms with van der Waals surface area (Å²) in [5, 5.41) is 10.5. The van der Waals surface area contributed by atoms with Crippen LogP contribution in [0.1, 0.15) is 24.3 Å². The van der Waals surface area contributed by atoms with Crippen LogP contribution in [0.4, 0.5) is 0 Å². The zero-order chi connectivity index (χ0) is 12.3. The van der Waals surface area contributed by atoms with Gasteiger partial charge in [-0.25, -0.2) is 0 Å². The zero-order valence-corrected chi connectivity index (χ0v) is 10.3. The first-order chi connectivity index (χ1) is 7.43. The van der Waals surface area contributed by atoms with Crippen LogP contribution in [0.25, 0.3) is 0 Å². The van der Waals surface area contributed by atoms with E-state index in [-0.39, 0.29) is 0 Å². The molecular weight excluding hydrogens is 224 g/mol. The minimum atomic E-state index is -0.734. The molecule has 0 amide bonds. The van der Waals surface area contributed by atoms with Gasteiger partial charge in [-0.3, -0.25) is 4.79 Å². The van der Waals surface area contributed by atoms with Crippen LogP contribution in [-0.4, -0.2) is 19.1 Å². The normalized spacial score (nSPS) is 12.9. The fourth-order valence-corrected chi connectivity index (χ4v) is 2.31. The van der Waals surface area contributed by atoms with Crippen LogP contribution in [0.2, 0.25) is 0 Å². The van der Waals surface area contributed by atoms with E-state index in [0.717, 1.165) is 4.88 Å². The highest BCUT2D eigenvalue weighted by Crippen LogP contribution is 2.31. The van der Waals surface area contributed by atoms with Gasteiger partial charge in [0, 0.05) is 15.7 Å². The molecule has 0 saturated heterocycles. The number of nitriles is 1. The number of hydrogen-bond donors (Lipinski definition) is 1. The van der Waals surface area contributed by atoms with Crippen LogP contribution in [0.15, 0.2) is 11.4 Å². The van der Waals surface area contributed by atoms with Gasteiger partial charge in [0.25, 0.3) is 0 Å². The molecule has 86 valence electrons. The lowest BCUT2D eigenvalue weighted by Gasteiger charge is -2.28. The van der Waals surface area contributed by atoms with E-state index in [9.17, 15) is 4.79 Å². The van der Waals surface area contributed by atoms with Gasteiger partial charge in [-0.1, -0.05) is 13.8 Å². The number of ether oxygens (including phenoxy) is 1. The summed E-state index contributed by atoms with van der Waals surface area (Å²) >= 11 is 1.43. The van der Waals surface area contributed by atoms with Gasteiger partial charge in [-0.2, -0.15) is 5.26 Å². The average Bonchev–Trinajstić information content (AvgIpc) is 2.75. The Labute approximate surface area is 98.6 Å². The van der Waals surface area contributed by atoms with E-state index >= 15 is 0 Å². The molecule has 0 aliphatic carbocycles. The molecule has 0 bridgehead atoms. The zero-order valence-electron chi connectivity index (χ0n) is 9.48. The molecule has 1 rings (SSSR count). The maximum absolute atomic E-state index is 11.4. The monoisotopic (exact) mass is 238 g/mol. The van der Waals surface area contributed by atoms with Gasteiger partial charge >= 0.3 is 5.97 Å². The summed E-state index contributed by atoms with van der Waals surface area (Å²) in [6.45, 7) is 3.73. The number of carbonyl (C=O) groups is 1. The van der Waals surface area contributed by atoms with Crippen molar-refractivity contribution in [1.29, 1.82) is 5.26 Å². The number of nitrogens with zero attached hydrogens (tertiary/aromatic N) is 1. The average molecular weight is 238 g/mol. The molecule has 1 atom stereocenters. The van der Waals surface area contributed by atoms with Crippen LogP contribution in [0, 0.1) is 11.3 Å². The Morgan fingerprint density at radius 2 is 2.31 bits per heavy atom. The number of rotatable bonds is 3. The molecule has 0 aliphatic heterocycles. The first-order valence-electron chi connectivity index (χ1n) is 4.76. The molecule has 0 radical (unpaired) electrons. The highest BCUT2D eigenvalue weighted by atomic mass is 32.1. The Balaban J connectivity index is 3.01. The molecule has 0 aliphatic rings. The molecule has 0 saturated carbocycles. The van der Waals surface area contributed by atoms with Crippen molar-refractivity contribution in [1.82, 2.24) is 0 Å². The molecule has 4 nitrogen and oxygen atoms in total. The number of methoxy groups -OCH3 is 1. The van der Waals surface area contributed by atoms with E-state index in [0.29, 0.717) is 5.56 Å². The van der Waals surface area contributed by atoms with Gasteiger partial charge in [0.05, 0.1) is 12.7 Å². The predicted octanol–water partition coefficient (Wildman–Crippen LogP) is 1.40. The smallest absolute Gasteiger partial charge is 0.323 e. The molecule has 5 heteroatoms. The van der Waals surface area contributed by atoms with Gasteiger partial charge in [0.2, 0.25) is 0 Å². The van der Waals surface area contributed by atoms with Gasteiger partial charge in [0.15, 0.2) is 0 Å². The van der Waals surface area contributed by atoms with Crippen molar-refractivity contribution in [2.75, 3.05) is 7.11 Å². The molecule has 1 aromatic rings. The lowest BCUT2D eigenvalue weighted by Crippen LogP contribution is -2.47. The second-order valence-corrected chi connectivity index (χ2v) is 4.95. The fraction of sp³-hybridized carbons (Fsp3) is 0.455. The van der Waals surface area contributed by atoms with Crippen molar-refractivity contribution in [3.63, 3.8) is 0 Å². The number of nitrogens with two attached hydrogens (primary N) is 1. The Morgan fingerprint density at radius 3 is 2.75 bits per heavy atom. The van der Waals surface area contributed by atoms with E-state index in [4.69, 9.17) is 11.0 Å². The van der Waals surface area contributed by atoms with Gasteiger partial charge in [-0.15, -0.1) is 11.3 Å². The van der Waals surface area contributed by atoms with Crippen LogP contribution >= 0.6 is 11.3 Å². The summed E-state index contributed by atoms with van der Waals surface area (Å²) in [4.78, 5) is 12.3. The number of thiophene rings is 1. The second-order valence-electron chi connectivity index (χ2n) is 4.03. The number of carbonyl (C=O) groups excluding carboxylic acids is 1. The van der Waals surface area contributed by atoms with Gasteiger partial charge < -0.3 is 10.5 Å². The fourth-order valence-electron chi connectivity index (χ4n) is 1.31. The molecule has 1 unspecified atom stereocenters. The van der Waals surface area contributed by atoms with E-state index in [2.05, 4.69) is 10.8 Å². The molecular formula is C11H14N2O2S. The van der Waals surface area contributed by atoms with Crippen molar-refractivity contribution < 1.29 is 9.53 Å². The lowest BCUT2D eigenvalue weighted by atomic mass is 9.83. The van der Waals surface area contributed by atoms with Gasteiger partial charge in [0.1, 0.15) is 12.1 Å². The van der Waals surface area contributed by atoms with Gasteiger partial charge in [-0.05, 0) is 6.07 Å². The lowest BCUT2D eigenvalue weighted by molar-refractivity contribution is -0.143. The first kappa shape index (κ1) is 12.7. The third-order valence-electron chi connectivity index (χ3n) is 2.60. The van der Waals surface area contributed by atoms with E-state index in [1.54, 1.807) is 11.4 Å². The van der Waals surface area contributed by atoms with E-state index in [1.807, 2.05) is 13.8 Å². The summed E-state index contributed by atoms with van der Waals surface area (Å²) in [6.07, 6.45) is 0. The largest absolute Gasteiger partial charge is 0.468 e. The van der Waals surface area contributed by atoms with Crippen molar-refractivity contribution in [2.24, 2.45) is 5.73 Å². The number of hydrogen-bond acceptors (Lipinski definition) is 5. The maximum atomic E-state index is 11.4. The maximum Gasteiger partial charge on any atom is 0.323 e. The quantitative estimate of drug-likeness (QED) is 0.807. The third-order valence-corrected chi connectivity index (χ3v) is 3.87. The van der Waals surface area contributed by atoms with Crippen molar-refractivity contribution >= 4 is 17.3 Å². The molecule has 2 N–H and O–H groups in total. The van der Waals surface area contributed by atoms with Crippen LogP contribution in [-0.2, 0) is 14.9 Å². The Kier molecular flexibility index (Phi) is 3.68. The van der Waals surface area contributed by atoms with Crippen molar-refractivity contribution in [2.45, 2.75) is 25.3 Å². The summed E-state index contributed by atoms with van der Waals surface area (Å²) in [5.74, 6) is -0.447. The summed E-state index contributed by atoms with van der Waals surface area (Å²) < 4.78 is 4.63. The minimum Gasteiger partial charge on any atom is -0.468 e. The van der Waals surface area contributed by atoms with E-state index in [1.165, 1.54) is 18.4 Å². The first-order valence-corrected chi connectivity index (χ1v) is 5.64. The van der Waals surface area contributed by atoms with Crippen LogP contribution in [0.3, 0.4) is 0 Å². The number of esters is 1. The Hall–Kier alpha value is -1.38. The summed E-state index contributed by atoms with van der Waals surface area (Å²) in [5.41, 5.74) is 5.89. The van der Waals surface area contributed by atoms with Crippen molar-refractivity contribution in [3.05, 3.63) is 21.9 Å². The van der Waals surface area contributed by atoms with Crippen molar-refractivity contribution in [3.8, 4) is 6.07 Å². The molecule has 1 aromatic heterocycles. The highest BCUT2D eigenvalue weighted by Gasteiger charge is 2.35. The second kappa shape index (κ2) is 4.64. The third kappa shape index (κ3) is 2.23. The Bertz CT molecular complexity index is 431. The molecule has 0 aromatic carbocycles. The van der Waals surface area contributed by atoms with Crippen LogP contribution < -0.4 is 5.73 Å². The SMILES string of the molecule is COC(=O)C(N)C(C)(C)c1cc(C#N)cs1. The molecule has 0 fully saturated rings. The minimum absolute atomic E-state index is 0.447. The Morgan fingerprint density at radius 1 is 1.69 bits per heavy atom. The van der Waals surface area contributed by atoms with E-state index < -0.39 is 17.4 Å².